The van der Waals surface area contributed by atoms with Gasteiger partial charge in [-0.25, -0.2) is 4.52 Å². The van der Waals surface area contributed by atoms with Crippen LogP contribution in [0.3, 0.4) is 0 Å². The van der Waals surface area contributed by atoms with E-state index in [1.807, 2.05) is 13.0 Å². The van der Waals surface area contributed by atoms with Crippen LogP contribution in [0.5, 0.6) is 5.75 Å². The fraction of sp³-hybridized carbons (Fsp3) is 0.133. The molecule has 0 atom stereocenters. The third kappa shape index (κ3) is 1.93. The van der Waals surface area contributed by atoms with Gasteiger partial charge in [-0.15, -0.1) is 0 Å². The minimum Gasteiger partial charge on any atom is -0.497 e. The van der Waals surface area contributed by atoms with Gasteiger partial charge in [0.2, 0.25) is 0 Å². The Labute approximate surface area is 115 Å². The van der Waals surface area contributed by atoms with Gasteiger partial charge < -0.3 is 4.74 Å². The van der Waals surface area contributed by atoms with E-state index in [1.54, 1.807) is 48.5 Å². The predicted molar refractivity (Wildman–Crippen MR) is 74.2 cm³/mol. The highest BCUT2D eigenvalue weighted by molar-refractivity contribution is 6.13. The van der Waals surface area contributed by atoms with Gasteiger partial charge in [0.15, 0.2) is 5.78 Å². The maximum absolute atomic E-state index is 12.6. The van der Waals surface area contributed by atoms with Crippen LogP contribution in [0.2, 0.25) is 0 Å². The van der Waals surface area contributed by atoms with Crippen LogP contribution < -0.4 is 4.74 Å². The minimum absolute atomic E-state index is 0.0619. The van der Waals surface area contributed by atoms with Crippen molar-refractivity contribution in [3.8, 4) is 5.75 Å². The Morgan fingerprint density at radius 2 is 2.10 bits per heavy atom. The molecular formula is C15H13N3O2. The fourth-order valence-corrected chi connectivity index (χ4v) is 2.17. The molecule has 2 aromatic heterocycles. The molecule has 0 N–H and O–H groups in total. The molecule has 100 valence electrons. The standard InChI is InChI=1S/C15H13N3O2/c1-10-7-11(20-2)3-4-12(10)15(19)13-8-17-18-6-5-16-9-14(13)18/h3-9H,1-2H3. The van der Waals surface area contributed by atoms with Crippen molar-refractivity contribution in [2.75, 3.05) is 7.11 Å². The Hall–Kier alpha value is -2.69. The predicted octanol–water partition coefficient (Wildman–Crippen LogP) is 2.28. The second-order valence-corrected chi connectivity index (χ2v) is 4.47. The Morgan fingerprint density at radius 3 is 2.85 bits per heavy atom. The summed E-state index contributed by atoms with van der Waals surface area (Å²) in [5, 5.41) is 4.16. The molecule has 0 radical (unpaired) electrons. The Balaban J connectivity index is 2.09. The third-order valence-corrected chi connectivity index (χ3v) is 3.25. The molecule has 0 aliphatic carbocycles. The summed E-state index contributed by atoms with van der Waals surface area (Å²) < 4.78 is 6.79. The summed E-state index contributed by atoms with van der Waals surface area (Å²) in [4.78, 5) is 16.7. The highest BCUT2D eigenvalue weighted by atomic mass is 16.5. The van der Waals surface area contributed by atoms with E-state index in [0.29, 0.717) is 16.6 Å². The third-order valence-electron chi connectivity index (χ3n) is 3.25. The number of methoxy groups -OCH3 is 1. The summed E-state index contributed by atoms with van der Waals surface area (Å²) >= 11 is 0. The van der Waals surface area contributed by atoms with Crippen LogP contribution >= 0.6 is 0 Å². The van der Waals surface area contributed by atoms with Crippen LogP contribution in [0.4, 0.5) is 0 Å². The Kier molecular flexibility index (Phi) is 2.95. The number of aromatic nitrogens is 3. The lowest BCUT2D eigenvalue weighted by Crippen LogP contribution is -2.04. The van der Waals surface area contributed by atoms with Gasteiger partial charge in [-0.05, 0) is 30.7 Å². The minimum atomic E-state index is -0.0619. The normalized spacial score (nSPS) is 10.7. The quantitative estimate of drug-likeness (QED) is 0.683. The summed E-state index contributed by atoms with van der Waals surface area (Å²) in [6, 6.07) is 5.40. The van der Waals surface area contributed by atoms with Gasteiger partial charge in [0.05, 0.1) is 30.6 Å². The van der Waals surface area contributed by atoms with Gasteiger partial charge in [-0.2, -0.15) is 5.10 Å². The Bertz CT molecular complexity index is 793. The molecule has 2 heterocycles. The number of hydrogen-bond acceptors (Lipinski definition) is 4. The van der Waals surface area contributed by atoms with E-state index in [1.165, 1.54) is 0 Å². The number of ether oxygens (including phenoxy) is 1. The number of hydrogen-bond donors (Lipinski definition) is 0. The number of carbonyl (C=O) groups is 1. The zero-order valence-corrected chi connectivity index (χ0v) is 11.2. The van der Waals surface area contributed by atoms with Crippen LogP contribution in [0, 0.1) is 6.92 Å². The van der Waals surface area contributed by atoms with E-state index in [-0.39, 0.29) is 5.78 Å². The fourth-order valence-electron chi connectivity index (χ4n) is 2.17. The van der Waals surface area contributed by atoms with Crippen molar-refractivity contribution in [2.45, 2.75) is 6.92 Å². The smallest absolute Gasteiger partial charge is 0.197 e. The summed E-state index contributed by atoms with van der Waals surface area (Å²) in [7, 11) is 1.60. The summed E-state index contributed by atoms with van der Waals surface area (Å²) in [6.45, 7) is 1.89. The van der Waals surface area contributed by atoms with Gasteiger partial charge in [-0.1, -0.05) is 0 Å². The van der Waals surface area contributed by atoms with E-state index >= 15 is 0 Å². The van der Waals surface area contributed by atoms with Crippen LogP contribution in [0.1, 0.15) is 21.5 Å². The van der Waals surface area contributed by atoms with E-state index in [2.05, 4.69) is 10.1 Å². The van der Waals surface area contributed by atoms with Crippen LogP contribution in [0.25, 0.3) is 5.52 Å². The highest BCUT2D eigenvalue weighted by Crippen LogP contribution is 2.21. The van der Waals surface area contributed by atoms with Gasteiger partial charge in [-0.3, -0.25) is 9.78 Å². The van der Waals surface area contributed by atoms with Crippen molar-refractivity contribution >= 4 is 11.3 Å². The van der Waals surface area contributed by atoms with Crippen molar-refractivity contribution < 1.29 is 9.53 Å². The number of rotatable bonds is 3. The average Bonchev–Trinajstić information content (AvgIpc) is 2.90. The van der Waals surface area contributed by atoms with Crippen molar-refractivity contribution in [3.63, 3.8) is 0 Å². The molecule has 3 rings (SSSR count). The largest absolute Gasteiger partial charge is 0.497 e. The lowest BCUT2D eigenvalue weighted by atomic mass is 10.00. The molecule has 0 aliphatic heterocycles. The monoisotopic (exact) mass is 267 g/mol. The molecular weight excluding hydrogens is 254 g/mol. The molecule has 5 heteroatoms. The van der Waals surface area contributed by atoms with E-state index in [4.69, 9.17) is 4.74 Å². The average molecular weight is 267 g/mol. The first-order chi connectivity index (χ1) is 9.70. The number of carbonyl (C=O) groups excluding carboxylic acids is 1. The summed E-state index contributed by atoms with van der Waals surface area (Å²) in [6.07, 6.45) is 6.56. The molecule has 0 aliphatic rings. The van der Waals surface area contributed by atoms with Crippen molar-refractivity contribution in [1.29, 1.82) is 0 Å². The molecule has 0 bridgehead atoms. The maximum Gasteiger partial charge on any atom is 0.197 e. The molecule has 3 aromatic rings. The van der Waals surface area contributed by atoms with Crippen LogP contribution in [-0.2, 0) is 0 Å². The zero-order chi connectivity index (χ0) is 14.1. The molecule has 0 unspecified atom stereocenters. The first kappa shape index (κ1) is 12.3. The lowest BCUT2D eigenvalue weighted by Gasteiger charge is -2.06. The van der Waals surface area contributed by atoms with Gasteiger partial charge in [0.1, 0.15) is 5.75 Å². The topological polar surface area (TPSA) is 56.5 Å². The van der Waals surface area contributed by atoms with Gasteiger partial charge in [0, 0.05) is 18.0 Å². The maximum atomic E-state index is 12.6. The second kappa shape index (κ2) is 4.77. The van der Waals surface area contributed by atoms with E-state index < -0.39 is 0 Å². The zero-order valence-electron chi connectivity index (χ0n) is 11.2. The molecule has 0 saturated carbocycles. The van der Waals surface area contributed by atoms with E-state index in [0.717, 1.165) is 11.3 Å². The molecule has 20 heavy (non-hydrogen) atoms. The van der Waals surface area contributed by atoms with Crippen LogP contribution in [-0.4, -0.2) is 27.5 Å². The van der Waals surface area contributed by atoms with Crippen molar-refractivity contribution in [2.24, 2.45) is 0 Å². The van der Waals surface area contributed by atoms with Gasteiger partial charge in [0.25, 0.3) is 0 Å². The first-order valence-corrected chi connectivity index (χ1v) is 6.17. The number of benzene rings is 1. The summed E-state index contributed by atoms with van der Waals surface area (Å²) in [5.41, 5.74) is 2.77. The van der Waals surface area contributed by atoms with Crippen LogP contribution in [0.15, 0.2) is 43.0 Å². The second-order valence-electron chi connectivity index (χ2n) is 4.47. The lowest BCUT2D eigenvalue weighted by molar-refractivity contribution is 0.103. The molecule has 5 nitrogen and oxygen atoms in total. The van der Waals surface area contributed by atoms with Gasteiger partial charge >= 0.3 is 0 Å². The first-order valence-electron chi connectivity index (χ1n) is 6.17. The molecule has 0 fully saturated rings. The number of ketones is 1. The summed E-state index contributed by atoms with van der Waals surface area (Å²) in [5.74, 6) is 0.675. The highest BCUT2D eigenvalue weighted by Gasteiger charge is 2.17. The molecule has 0 spiro atoms. The molecule has 0 amide bonds. The molecule has 1 aromatic carbocycles. The number of nitrogens with zero attached hydrogens (tertiary/aromatic N) is 3. The SMILES string of the molecule is COc1ccc(C(=O)c2cnn3ccncc23)c(C)c1. The Morgan fingerprint density at radius 1 is 1.25 bits per heavy atom. The number of fused-ring (bicyclic) bond motifs is 1. The van der Waals surface area contributed by atoms with E-state index in [9.17, 15) is 4.79 Å². The molecule has 0 saturated heterocycles. The number of aryl methyl sites for hydroxylation is 1. The van der Waals surface area contributed by atoms with Crippen molar-refractivity contribution in [1.82, 2.24) is 14.6 Å². The van der Waals surface area contributed by atoms with Crippen molar-refractivity contribution in [3.05, 3.63) is 59.7 Å².